The van der Waals surface area contributed by atoms with Gasteiger partial charge in [0.2, 0.25) is 10.0 Å². The highest BCUT2D eigenvalue weighted by molar-refractivity contribution is 7.89. The van der Waals surface area contributed by atoms with Crippen molar-refractivity contribution in [3.8, 4) is 11.4 Å². The number of rotatable bonds is 4. The van der Waals surface area contributed by atoms with Gasteiger partial charge in [-0.25, -0.2) is 31.6 Å². The highest BCUT2D eigenvalue weighted by Crippen LogP contribution is 2.24. The zero-order valence-electron chi connectivity index (χ0n) is 16.6. The van der Waals surface area contributed by atoms with E-state index in [9.17, 15) is 26.4 Å². The first-order chi connectivity index (χ1) is 15.3. The minimum Gasteiger partial charge on any atom is -0.336 e. The van der Waals surface area contributed by atoms with Gasteiger partial charge in [-0.15, -0.1) is 0 Å². The number of carbonyl (C=O) groups excluding carboxylic acids is 1. The fraction of sp³-hybridized carbons (Fsp3) is 0.190. The summed E-state index contributed by atoms with van der Waals surface area (Å²) in [5, 5.41) is 0. The summed E-state index contributed by atoms with van der Waals surface area (Å²) in [4.78, 5) is 21.6. The van der Waals surface area contributed by atoms with Crippen molar-refractivity contribution in [2.45, 2.75) is 4.90 Å². The molecule has 0 atom stereocenters. The topological polar surface area (TPSA) is 83.5 Å². The molecule has 2 aromatic carbocycles. The largest absolute Gasteiger partial charge is 0.336 e. The van der Waals surface area contributed by atoms with Crippen LogP contribution < -0.4 is 0 Å². The van der Waals surface area contributed by atoms with Crippen LogP contribution in [0.2, 0.25) is 0 Å². The van der Waals surface area contributed by atoms with E-state index in [0.29, 0.717) is 18.0 Å². The lowest BCUT2D eigenvalue weighted by Crippen LogP contribution is -2.50. The van der Waals surface area contributed by atoms with Gasteiger partial charge >= 0.3 is 0 Å². The Labute approximate surface area is 182 Å². The Kier molecular flexibility index (Phi) is 5.94. The van der Waals surface area contributed by atoms with E-state index in [1.807, 2.05) is 30.3 Å². The molecule has 0 aliphatic carbocycles. The summed E-state index contributed by atoms with van der Waals surface area (Å²) in [6.07, 6.45) is 2.80. The third kappa shape index (κ3) is 4.08. The maximum absolute atomic E-state index is 14.0. The van der Waals surface area contributed by atoms with Crippen LogP contribution in [-0.2, 0) is 10.0 Å². The van der Waals surface area contributed by atoms with E-state index in [4.69, 9.17) is 0 Å². The molecule has 0 N–H and O–H groups in total. The molecule has 32 heavy (non-hydrogen) atoms. The van der Waals surface area contributed by atoms with Gasteiger partial charge in [0.15, 0.2) is 23.3 Å². The van der Waals surface area contributed by atoms with Gasteiger partial charge in [-0.2, -0.15) is 4.31 Å². The Bertz CT molecular complexity index is 1250. The second kappa shape index (κ2) is 8.67. The molecule has 11 heteroatoms. The lowest BCUT2D eigenvalue weighted by molar-refractivity contribution is 0.0697. The lowest BCUT2D eigenvalue weighted by atomic mass is 10.2. The molecule has 7 nitrogen and oxygen atoms in total. The van der Waals surface area contributed by atoms with E-state index < -0.39 is 32.4 Å². The average molecular weight is 462 g/mol. The van der Waals surface area contributed by atoms with Crippen molar-refractivity contribution in [2.24, 2.45) is 0 Å². The van der Waals surface area contributed by atoms with Crippen molar-refractivity contribution in [3.05, 3.63) is 77.9 Å². The van der Waals surface area contributed by atoms with Crippen molar-refractivity contribution in [3.63, 3.8) is 0 Å². The summed E-state index contributed by atoms with van der Waals surface area (Å²) in [7, 11) is -4.39. The van der Waals surface area contributed by atoms with Gasteiger partial charge in [0, 0.05) is 44.1 Å². The summed E-state index contributed by atoms with van der Waals surface area (Å²) in [5.74, 6) is -5.00. The Morgan fingerprint density at radius 1 is 0.844 bits per heavy atom. The van der Waals surface area contributed by atoms with Crippen molar-refractivity contribution in [1.29, 1.82) is 0 Å². The summed E-state index contributed by atoms with van der Waals surface area (Å²) >= 11 is 0. The molecule has 0 bridgehead atoms. The predicted molar refractivity (Wildman–Crippen MR) is 108 cm³/mol. The van der Waals surface area contributed by atoms with Crippen molar-refractivity contribution >= 4 is 15.9 Å². The highest BCUT2D eigenvalue weighted by Gasteiger charge is 2.33. The fourth-order valence-electron chi connectivity index (χ4n) is 3.34. The molecule has 0 unspecified atom stereocenters. The van der Waals surface area contributed by atoms with Crippen LogP contribution in [0.1, 0.15) is 10.4 Å². The Hall–Kier alpha value is -3.31. The molecular formula is C21H17F3N4O3S. The van der Waals surface area contributed by atoms with Crippen LogP contribution in [0.3, 0.4) is 0 Å². The standard InChI is InChI=1S/C21H17F3N4O3S/c22-16-6-7-17(19(24)18(16)23)32(30,31)28-10-8-27(9-11-28)21(29)15-12-25-20(26-13-15)14-4-2-1-3-5-14/h1-7,12-13H,8-11H2. The number of nitrogens with zero attached hydrogens (tertiary/aromatic N) is 4. The van der Waals surface area contributed by atoms with Crippen molar-refractivity contribution in [2.75, 3.05) is 26.2 Å². The van der Waals surface area contributed by atoms with Gasteiger partial charge in [-0.1, -0.05) is 30.3 Å². The molecule has 1 amide bonds. The van der Waals surface area contributed by atoms with E-state index in [2.05, 4.69) is 9.97 Å². The number of halogens is 3. The molecule has 0 saturated carbocycles. The molecule has 1 aromatic heterocycles. The Morgan fingerprint density at radius 2 is 1.47 bits per heavy atom. The van der Waals surface area contributed by atoms with Gasteiger partial charge in [-0.3, -0.25) is 4.79 Å². The van der Waals surface area contributed by atoms with Crippen LogP contribution in [0.25, 0.3) is 11.4 Å². The van der Waals surface area contributed by atoms with E-state index in [-0.39, 0.29) is 37.6 Å². The smallest absolute Gasteiger partial charge is 0.257 e. The van der Waals surface area contributed by atoms with Gasteiger partial charge in [-0.05, 0) is 12.1 Å². The quantitative estimate of drug-likeness (QED) is 0.557. The van der Waals surface area contributed by atoms with Crippen LogP contribution in [0.15, 0.2) is 59.8 Å². The molecule has 0 radical (unpaired) electrons. The highest BCUT2D eigenvalue weighted by atomic mass is 32.2. The van der Waals surface area contributed by atoms with Gasteiger partial charge in [0.05, 0.1) is 5.56 Å². The Morgan fingerprint density at radius 3 is 2.09 bits per heavy atom. The minimum atomic E-state index is -4.39. The van der Waals surface area contributed by atoms with Crippen LogP contribution in [-0.4, -0.2) is 59.7 Å². The first-order valence-corrected chi connectivity index (χ1v) is 11.0. The molecule has 1 aliphatic heterocycles. The molecule has 1 aliphatic rings. The second-order valence-electron chi connectivity index (χ2n) is 7.03. The molecule has 166 valence electrons. The molecule has 3 aromatic rings. The van der Waals surface area contributed by atoms with Crippen molar-refractivity contribution in [1.82, 2.24) is 19.2 Å². The van der Waals surface area contributed by atoms with E-state index in [0.717, 1.165) is 9.87 Å². The zero-order chi connectivity index (χ0) is 22.9. The van der Waals surface area contributed by atoms with Gasteiger partial charge < -0.3 is 4.90 Å². The van der Waals surface area contributed by atoms with Crippen LogP contribution in [0.5, 0.6) is 0 Å². The zero-order valence-corrected chi connectivity index (χ0v) is 17.4. The number of carbonyl (C=O) groups is 1. The molecule has 4 rings (SSSR count). The number of amides is 1. The molecule has 0 spiro atoms. The SMILES string of the molecule is O=C(c1cnc(-c2ccccc2)nc1)N1CCN(S(=O)(=O)c2ccc(F)c(F)c2F)CC1. The van der Waals surface area contributed by atoms with Crippen molar-refractivity contribution < 1.29 is 26.4 Å². The number of hydrogen-bond donors (Lipinski definition) is 0. The Balaban J connectivity index is 1.44. The summed E-state index contributed by atoms with van der Waals surface area (Å²) < 4.78 is 66.9. The minimum absolute atomic E-state index is 0.0315. The number of benzene rings is 2. The first kappa shape index (κ1) is 21.9. The summed E-state index contributed by atoms with van der Waals surface area (Å²) in [6.45, 7) is -0.196. The molecule has 1 fully saturated rings. The average Bonchev–Trinajstić information content (AvgIpc) is 2.83. The summed E-state index contributed by atoms with van der Waals surface area (Å²) in [5.41, 5.74) is 1.04. The summed E-state index contributed by atoms with van der Waals surface area (Å²) in [6, 6.07) is 10.5. The number of aromatic nitrogens is 2. The van der Waals surface area contributed by atoms with E-state index in [1.165, 1.54) is 17.3 Å². The normalized spacial score (nSPS) is 15.0. The third-order valence-corrected chi connectivity index (χ3v) is 6.99. The number of hydrogen-bond acceptors (Lipinski definition) is 5. The molecular weight excluding hydrogens is 445 g/mol. The number of sulfonamides is 1. The lowest BCUT2D eigenvalue weighted by Gasteiger charge is -2.34. The first-order valence-electron chi connectivity index (χ1n) is 9.59. The fourth-order valence-corrected chi connectivity index (χ4v) is 4.81. The molecule has 2 heterocycles. The third-order valence-electron chi connectivity index (χ3n) is 5.07. The van der Waals surface area contributed by atoms with Gasteiger partial charge in [0.25, 0.3) is 5.91 Å². The maximum Gasteiger partial charge on any atom is 0.257 e. The van der Waals surface area contributed by atoms with Crippen LogP contribution in [0.4, 0.5) is 13.2 Å². The predicted octanol–water partition coefficient (Wildman–Crippen LogP) is 2.71. The van der Waals surface area contributed by atoms with Crippen LogP contribution in [0, 0.1) is 17.5 Å². The van der Waals surface area contributed by atoms with Gasteiger partial charge in [0.1, 0.15) is 4.90 Å². The monoisotopic (exact) mass is 462 g/mol. The maximum atomic E-state index is 14.0. The van der Waals surface area contributed by atoms with E-state index in [1.54, 1.807) is 0 Å². The number of piperazine rings is 1. The molecule has 1 saturated heterocycles. The van der Waals surface area contributed by atoms with E-state index >= 15 is 0 Å². The van der Waals surface area contributed by atoms with Crippen LogP contribution >= 0.6 is 0 Å². The second-order valence-corrected chi connectivity index (χ2v) is 8.94.